The maximum absolute atomic E-state index is 11.7. The van der Waals surface area contributed by atoms with Crippen LogP contribution in [0.1, 0.15) is 29.5 Å². The highest BCUT2D eigenvalue weighted by molar-refractivity contribution is 5.73. The molecule has 0 saturated carbocycles. The Bertz CT molecular complexity index is 1010. The molecule has 1 N–H and O–H groups in total. The average Bonchev–Trinajstić information content (AvgIpc) is 3.41. The van der Waals surface area contributed by atoms with Gasteiger partial charge in [-0.05, 0) is 72.5 Å². The Labute approximate surface area is 212 Å². The van der Waals surface area contributed by atoms with Gasteiger partial charge in [-0.1, -0.05) is 36.4 Å². The third-order valence-corrected chi connectivity index (χ3v) is 6.84. The summed E-state index contributed by atoms with van der Waals surface area (Å²) < 4.78 is 23.0. The normalized spacial score (nSPS) is 16.0. The summed E-state index contributed by atoms with van der Waals surface area (Å²) in [5, 5.41) is 9.61. The zero-order valence-corrected chi connectivity index (χ0v) is 21.0. The lowest BCUT2D eigenvalue weighted by molar-refractivity contribution is -0.142. The molecule has 1 atom stereocenters. The zero-order chi connectivity index (χ0) is 25.5. The molecule has 1 saturated heterocycles. The molecule has 190 valence electrons. The first-order valence-electron chi connectivity index (χ1n) is 12.1. The minimum Gasteiger partial charge on any atom is -0.497 e. The van der Waals surface area contributed by atoms with E-state index in [1.54, 1.807) is 21.3 Å². The summed E-state index contributed by atoms with van der Waals surface area (Å²) in [5.41, 5.74) is 1.82. The monoisotopic (exact) mass is 491 g/mol. The molecule has 1 aliphatic rings. The number of nitrogens with zero attached hydrogens (tertiary/aromatic N) is 1. The fraction of sp³-hybridized carbons (Fsp3) is 0.345. The van der Waals surface area contributed by atoms with Crippen LogP contribution in [0, 0.1) is 0 Å². The van der Waals surface area contributed by atoms with E-state index >= 15 is 0 Å². The second-order valence-corrected chi connectivity index (χ2v) is 8.75. The van der Waals surface area contributed by atoms with Gasteiger partial charge in [-0.15, -0.1) is 0 Å². The second-order valence-electron chi connectivity index (χ2n) is 8.75. The smallest absolute Gasteiger partial charge is 0.320 e. The Morgan fingerprint density at radius 1 is 0.806 bits per heavy atom. The van der Waals surface area contributed by atoms with Crippen LogP contribution in [-0.2, 0) is 15.1 Å². The molecule has 1 heterocycles. The van der Waals surface area contributed by atoms with Crippen molar-refractivity contribution in [2.75, 3.05) is 41.0 Å². The Morgan fingerprint density at radius 3 is 1.58 bits per heavy atom. The number of hydrogen-bond donors (Lipinski definition) is 1. The van der Waals surface area contributed by atoms with Gasteiger partial charge in [0.05, 0.1) is 27.9 Å². The minimum absolute atomic E-state index is 0.341. The molecule has 3 aromatic carbocycles. The van der Waals surface area contributed by atoms with E-state index in [4.69, 9.17) is 18.9 Å². The summed E-state index contributed by atoms with van der Waals surface area (Å²) in [6.45, 7) is 1.61. The number of benzene rings is 3. The van der Waals surface area contributed by atoms with Gasteiger partial charge in [-0.25, -0.2) is 0 Å². The van der Waals surface area contributed by atoms with Crippen LogP contribution < -0.4 is 14.2 Å². The first-order valence-corrected chi connectivity index (χ1v) is 12.1. The molecular formula is C29H33NO6. The highest BCUT2D eigenvalue weighted by Gasteiger charge is 2.39. The van der Waals surface area contributed by atoms with E-state index in [-0.39, 0.29) is 0 Å². The lowest BCUT2D eigenvalue weighted by Crippen LogP contribution is -2.40. The van der Waals surface area contributed by atoms with Crippen molar-refractivity contribution in [3.8, 4) is 17.2 Å². The van der Waals surface area contributed by atoms with Crippen molar-refractivity contribution in [1.82, 2.24) is 4.90 Å². The van der Waals surface area contributed by atoms with Gasteiger partial charge in [0.2, 0.25) is 0 Å². The summed E-state index contributed by atoms with van der Waals surface area (Å²) in [7, 11) is 4.92. The number of ether oxygens (including phenoxy) is 4. The number of hydrogen-bond acceptors (Lipinski definition) is 6. The Hall–Kier alpha value is -3.55. The second kappa shape index (κ2) is 11.5. The molecule has 0 aromatic heterocycles. The van der Waals surface area contributed by atoms with Crippen molar-refractivity contribution in [2.24, 2.45) is 0 Å². The van der Waals surface area contributed by atoms with Crippen LogP contribution in [0.4, 0.5) is 0 Å². The van der Waals surface area contributed by atoms with Crippen LogP contribution in [0.25, 0.3) is 0 Å². The molecule has 1 fully saturated rings. The van der Waals surface area contributed by atoms with E-state index in [1.807, 2.05) is 77.7 Å². The molecule has 0 amide bonds. The van der Waals surface area contributed by atoms with Crippen molar-refractivity contribution < 1.29 is 28.8 Å². The van der Waals surface area contributed by atoms with E-state index in [0.717, 1.165) is 46.9 Å². The predicted octanol–water partition coefficient (Wildman–Crippen LogP) is 4.57. The van der Waals surface area contributed by atoms with Gasteiger partial charge in [-0.2, -0.15) is 0 Å². The average molecular weight is 492 g/mol. The van der Waals surface area contributed by atoms with Crippen LogP contribution in [0.15, 0.2) is 72.8 Å². The molecule has 3 aromatic rings. The van der Waals surface area contributed by atoms with Crippen molar-refractivity contribution in [3.05, 3.63) is 89.5 Å². The zero-order valence-electron chi connectivity index (χ0n) is 21.0. The molecule has 0 aliphatic carbocycles. The van der Waals surface area contributed by atoms with Crippen molar-refractivity contribution in [2.45, 2.75) is 24.5 Å². The molecule has 0 bridgehead atoms. The van der Waals surface area contributed by atoms with Gasteiger partial charge in [0.1, 0.15) is 28.9 Å². The van der Waals surface area contributed by atoms with Crippen LogP contribution in [0.5, 0.6) is 17.2 Å². The molecule has 36 heavy (non-hydrogen) atoms. The maximum Gasteiger partial charge on any atom is 0.320 e. The largest absolute Gasteiger partial charge is 0.497 e. The van der Waals surface area contributed by atoms with Crippen molar-refractivity contribution in [1.29, 1.82) is 0 Å². The van der Waals surface area contributed by atoms with E-state index in [1.165, 1.54) is 0 Å². The van der Waals surface area contributed by atoms with Gasteiger partial charge >= 0.3 is 5.97 Å². The standard InChI is InChI=1S/C29H33NO6/c1-33-24-12-6-21(7-13-24)29(22-8-14-25(34-2)15-9-22,23-10-16-26(35-3)17-11-23)36-20-19-30-18-4-5-27(30)28(31)32/h6-17,27H,4-5,18-20H2,1-3H3,(H,31,32)/t27-/m1/s1. The van der Waals surface area contributed by atoms with Gasteiger partial charge in [0.15, 0.2) is 0 Å². The van der Waals surface area contributed by atoms with Crippen LogP contribution in [0.3, 0.4) is 0 Å². The lowest BCUT2D eigenvalue weighted by atomic mass is 9.80. The SMILES string of the molecule is COc1ccc(C(OCCN2CCC[C@@H]2C(=O)O)(c2ccc(OC)cc2)c2ccc(OC)cc2)cc1. The van der Waals surface area contributed by atoms with E-state index < -0.39 is 17.6 Å². The summed E-state index contributed by atoms with van der Waals surface area (Å²) in [5.74, 6) is 1.47. The van der Waals surface area contributed by atoms with E-state index in [9.17, 15) is 9.90 Å². The van der Waals surface area contributed by atoms with Crippen molar-refractivity contribution in [3.63, 3.8) is 0 Å². The maximum atomic E-state index is 11.7. The van der Waals surface area contributed by atoms with Gasteiger partial charge in [0.25, 0.3) is 0 Å². The first-order chi connectivity index (χ1) is 17.5. The summed E-state index contributed by atoms with van der Waals surface area (Å²) in [6, 6.07) is 23.1. The molecule has 4 rings (SSSR count). The Morgan fingerprint density at radius 2 is 1.22 bits per heavy atom. The van der Waals surface area contributed by atoms with Crippen LogP contribution >= 0.6 is 0 Å². The highest BCUT2D eigenvalue weighted by Crippen LogP contribution is 2.42. The number of methoxy groups -OCH3 is 3. The number of rotatable bonds is 11. The van der Waals surface area contributed by atoms with Gasteiger partial charge in [0, 0.05) is 6.54 Å². The van der Waals surface area contributed by atoms with Crippen molar-refractivity contribution >= 4 is 5.97 Å². The topological polar surface area (TPSA) is 77.5 Å². The molecule has 0 radical (unpaired) electrons. The quantitative estimate of drug-likeness (QED) is 0.394. The van der Waals surface area contributed by atoms with Gasteiger partial charge in [-0.3, -0.25) is 9.69 Å². The molecule has 7 heteroatoms. The van der Waals surface area contributed by atoms with Crippen LogP contribution in [-0.4, -0.2) is 63.0 Å². The summed E-state index contributed by atoms with van der Waals surface area (Å²) >= 11 is 0. The van der Waals surface area contributed by atoms with Gasteiger partial charge < -0.3 is 24.1 Å². The molecule has 0 spiro atoms. The highest BCUT2D eigenvalue weighted by atomic mass is 16.5. The summed E-state index contributed by atoms with van der Waals surface area (Å²) in [6.07, 6.45) is 1.54. The Balaban J connectivity index is 1.78. The fourth-order valence-electron chi connectivity index (χ4n) is 4.92. The molecular weight excluding hydrogens is 458 g/mol. The number of aliphatic carboxylic acids is 1. The van der Waals surface area contributed by atoms with E-state index in [2.05, 4.69) is 0 Å². The predicted molar refractivity (Wildman–Crippen MR) is 137 cm³/mol. The van der Waals surface area contributed by atoms with Crippen LogP contribution in [0.2, 0.25) is 0 Å². The third-order valence-electron chi connectivity index (χ3n) is 6.84. The minimum atomic E-state index is -0.955. The lowest BCUT2D eigenvalue weighted by Gasteiger charge is -2.37. The first kappa shape index (κ1) is 25.5. The molecule has 7 nitrogen and oxygen atoms in total. The fourth-order valence-corrected chi connectivity index (χ4v) is 4.92. The summed E-state index contributed by atoms with van der Waals surface area (Å²) in [4.78, 5) is 13.7. The Kier molecular flexibility index (Phi) is 8.13. The molecule has 1 aliphatic heterocycles. The number of carboxylic acid groups (broad SMARTS) is 1. The number of carboxylic acids is 1. The number of likely N-dealkylation sites (tertiary alicyclic amines) is 1. The van der Waals surface area contributed by atoms with E-state index in [0.29, 0.717) is 19.6 Å². The third kappa shape index (κ3) is 5.17. The number of carbonyl (C=O) groups is 1. The molecule has 0 unspecified atom stereocenters.